The van der Waals surface area contributed by atoms with Crippen molar-refractivity contribution < 1.29 is 9.59 Å². The summed E-state index contributed by atoms with van der Waals surface area (Å²) in [6.07, 6.45) is 0. The summed E-state index contributed by atoms with van der Waals surface area (Å²) in [4.78, 5) is 21.9. The number of benzene rings is 1. The van der Waals surface area contributed by atoms with Crippen molar-refractivity contribution in [2.75, 3.05) is 5.73 Å². The molecule has 0 radical (unpaired) electrons. The molecule has 0 bridgehead atoms. The van der Waals surface area contributed by atoms with Gasteiger partial charge in [-0.2, -0.15) is 0 Å². The highest BCUT2D eigenvalue weighted by molar-refractivity contribution is 6.02. The molecule has 0 heterocycles. The number of anilines is 1. The molecule has 0 aromatic heterocycles. The zero-order chi connectivity index (χ0) is 10.0. The van der Waals surface area contributed by atoms with E-state index in [4.69, 9.17) is 5.73 Å². The van der Waals surface area contributed by atoms with Crippen LogP contribution in [0.3, 0.4) is 0 Å². The summed E-state index contributed by atoms with van der Waals surface area (Å²) in [6.45, 7) is 2.90. The van der Waals surface area contributed by atoms with Gasteiger partial charge in [0.2, 0.25) is 0 Å². The molecule has 0 amide bonds. The van der Waals surface area contributed by atoms with E-state index in [9.17, 15) is 9.59 Å². The van der Waals surface area contributed by atoms with Crippen molar-refractivity contribution >= 4 is 17.3 Å². The van der Waals surface area contributed by atoms with Crippen LogP contribution in [0.2, 0.25) is 0 Å². The molecule has 0 fully saturated rings. The molecule has 68 valence electrons. The summed E-state index contributed by atoms with van der Waals surface area (Å²) in [6, 6.07) is 4.71. The van der Waals surface area contributed by atoms with Crippen LogP contribution in [0.5, 0.6) is 0 Å². The van der Waals surface area contributed by atoms with E-state index in [1.165, 1.54) is 19.9 Å². The number of carbonyl (C=O) groups excluding carboxylic acids is 2. The van der Waals surface area contributed by atoms with Gasteiger partial charge < -0.3 is 5.73 Å². The molecule has 13 heavy (non-hydrogen) atoms. The van der Waals surface area contributed by atoms with Gasteiger partial charge in [-0.15, -0.1) is 0 Å². The van der Waals surface area contributed by atoms with Gasteiger partial charge in [-0.3, -0.25) is 9.59 Å². The maximum atomic E-state index is 11.0. The third-order valence-electron chi connectivity index (χ3n) is 1.84. The Hall–Kier alpha value is -1.64. The van der Waals surface area contributed by atoms with Crippen LogP contribution in [0.15, 0.2) is 18.2 Å². The smallest absolute Gasteiger partial charge is 0.161 e. The van der Waals surface area contributed by atoms with Crippen molar-refractivity contribution in [3.05, 3.63) is 29.3 Å². The van der Waals surface area contributed by atoms with E-state index in [0.717, 1.165) is 0 Å². The molecule has 1 rings (SSSR count). The molecular weight excluding hydrogens is 166 g/mol. The SMILES string of the molecule is CC(=O)c1ccc(C(C)=O)c(N)c1. The van der Waals surface area contributed by atoms with Gasteiger partial charge in [0.15, 0.2) is 11.6 Å². The number of hydrogen-bond acceptors (Lipinski definition) is 3. The summed E-state index contributed by atoms with van der Waals surface area (Å²) >= 11 is 0. The Balaban J connectivity index is 3.20. The molecule has 0 atom stereocenters. The van der Waals surface area contributed by atoms with Crippen LogP contribution >= 0.6 is 0 Å². The Morgan fingerprint density at radius 2 is 1.77 bits per heavy atom. The van der Waals surface area contributed by atoms with Gasteiger partial charge >= 0.3 is 0 Å². The average molecular weight is 177 g/mol. The molecule has 1 aromatic rings. The molecule has 2 N–H and O–H groups in total. The third kappa shape index (κ3) is 1.93. The van der Waals surface area contributed by atoms with Crippen LogP contribution in [0.4, 0.5) is 5.69 Å². The number of carbonyl (C=O) groups is 2. The van der Waals surface area contributed by atoms with Crippen molar-refractivity contribution in [1.82, 2.24) is 0 Å². The van der Waals surface area contributed by atoms with Gasteiger partial charge in [0.25, 0.3) is 0 Å². The number of hydrogen-bond donors (Lipinski definition) is 1. The highest BCUT2D eigenvalue weighted by Gasteiger charge is 2.06. The first-order chi connectivity index (χ1) is 6.02. The van der Waals surface area contributed by atoms with Gasteiger partial charge in [0, 0.05) is 16.8 Å². The van der Waals surface area contributed by atoms with Gasteiger partial charge in [0.1, 0.15) is 0 Å². The van der Waals surface area contributed by atoms with Crippen molar-refractivity contribution in [1.29, 1.82) is 0 Å². The van der Waals surface area contributed by atoms with Crippen LogP contribution < -0.4 is 5.73 Å². The molecule has 0 spiro atoms. The number of rotatable bonds is 2. The molecule has 3 heteroatoms. The topological polar surface area (TPSA) is 60.2 Å². The van der Waals surface area contributed by atoms with Gasteiger partial charge in [0.05, 0.1) is 0 Å². The fourth-order valence-electron chi connectivity index (χ4n) is 1.10. The Morgan fingerprint density at radius 3 is 2.15 bits per heavy atom. The number of ketones is 2. The first kappa shape index (κ1) is 9.45. The molecule has 0 saturated carbocycles. The van der Waals surface area contributed by atoms with Crippen molar-refractivity contribution in [3.63, 3.8) is 0 Å². The molecule has 0 unspecified atom stereocenters. The van der Waals surface area contributed by atoms with Crippen LogP contribution in [0, 0.1) is 0 Å². The minimum absolute atomic E-state index is 0.0539. The summed E-state index contributed by atoms with van der Waals surface area (Å²) in [5, 5.41) is 0. The zero-order valence-electron chi connectivity index (χ0n) is 7.63. The number of Topliss-reactive ketones (excluding diaryl/α,β-unsaturated/α-hetero) is 2. The third-order valence-corrected chi connectivity index (χ3v) is 1.84. The second-order valence-corrected chi connectivity index (χ2v) is 2.91. The van der Waals surface area contributed by atoms with Gasteiger partial charge in [-0.1, -0.05) is 6.07 Å². The molecular formula is C10H11NO2. The lowest BCUT2D eigenvalue weighted by molar-refractivity contribution is 0.100. The lowest BCUT2D eigenvalue weighted by Gasteiger charge is -2.02. The predicted molar refractivity (Wildman–Crippen MR) is 50.9 cm³/mol. The summed E-state index contributed by atoms with van der Waals surface area (Å²) in [5.74, 6) is -0.144. The predicted octanol–water partition coefficient (Wildman–Crippen LogP) is 1.67. The van der Waals surface area contributed by atoms with Crippen molar-refractivity contribution in [2.24, 2.45) is 0 Å². The maximum Gasteiger partial charge on any atom is 0.161 e. The fourth-order valence-corrected chi connectivity index (χ4v) is 1.10. The van der Waals surface area contributed by atoms with E-state index < -0.39 is 0 Å². The molecule has 0 saturated heterocycles. The van der Waals surface area contributed by atoms with Gasteiger partial charge in [-0.25, -0.2) is 0 Å². The lowest BCUT2D eigenvalue weighted by Crippen LogP contribution is -2.02. The van der Waals surface area contributed by atoms with Gasteiger partial charge in [-0.05, 0) is 26.0 Å². The van der Waals surface area contributed by atoms with Crippen LogP contribution in [0.25, 0.3) is 0 Å². The Morgan fingerprint density at radius 1 is 1.15 bits per heavy atom. The van der Waals surface area contributed by atoms with Crippen LogP contribution in [-0.4, -0.2) is 11.6 Å². The summed E-state index contributed by atoms with van der Waals surface area (Å²) in [5.41, 5.74) is 6.94. The Labute approximate surface area is 76.6 Å². The molecule has 0 aliphatic carbocycles. The van der Waals surface area contributed by atoms with Crippen molar-refractivity contribution in [3.8, 4) is 0 Å². The maximum absolute atomic E-state index is 11.0. The molecule has 3 nitrogen and oxygen atoms in total. The molecule has 0 aliphatic rings. The summed E-state index contributed by atoms with van der Waals surface area (Å²) < 4.78 is 0. The van der Waals surface area contributed by atoms with E-state index in [0.29, 0.717) is 16.8 Å². The van der Waals surface area contributed by atoms with E-state index in [1.807, 2.05) is 0 Å². The highest BCUT2D eigenvalue weighted by Crippen LogP contribution is 2.15. The second kappa shape index (κ2) is 3.39. The monoisotopic (exact) mass is 177 g/mol. The summed E-state index contributed by atoms with van der Waals surface area (Å²) in [7, 11) is 0. The van der Waals surface area contributed by atoms with Crippen LogP contribution in [-0.2, 0) is 0 Å². The second-order valence-electron chi connectivity index (χ2n) is 2.91. The lowest BCUT2D eigenvalue weighted by atomic mass is 10.0. The fraction of sp³-hybridized carbons (Fsp3) is 0.200. The highest BCUT2D eigenvalue weighted by atomic mass is 16.1. The van der Waals surface area contributed by atoms with E-state index in [1.54, 1.807) is 12.1 Å². The molecule has 0 aliphatic heterocycles. The average Bonchev–Trinajstić information content (AvgIpc) is 2.03. The minimum Gasteiger partial charge on any atom is -0.398 e. The van der Waals surface area contributed by atoms with Crippen LogP contribution in [0.1, 0.15) is 34.6 Å². The quantitative estimate of drug-likeness (QED) is 0.552. The largest absolute Gasteiger partial charge is 0.398 e. The number of nitrogens with two attached hydrogens (primary N) is 1. The Kier molecular flexibility index (Phi) is 2.46. The Bertz CT molecular complexity index is 369. The van der Waals surface area contributed by atoms with E-state index >= 15 is 0 Å². The van der Waals surface area contributed by atoms with E-state index in [-0.39, 0.29) is 11.6 Å². The first-order valence-corrected chi connectivity index (χ1v) is 3.93. The zero-order valence-corrected chi connectivity index (χ0v) is 7.63. The molecule has 1 aromatic carbocycles. The minimum atomic E-state index is -0.0902. The number of nitrogen functional groups attached to an aromatic ring is 1. The van der Waals surface area contributed by atoms with E-state index in [2.05, 4.69) is 0 Å². The first-order valence-electron chi connectivity index (χ1n) is 3.93. The normalized spacial score (nSPS) is 9.69. The standard InChI is InChI=1S/C10H11NO2/c1-6(12)8-3-4-9(7(2)13)10(11)5-8/h3-5H,11H2,1-2H3. The van der Waals surface area contributed by atoms with Crippen molar-refractivity contribution in [2.45, 2.75) is 13.8 Å².